The van der Waals surface area contributed by atoms with E-state index < -0.39 is 0 Å². The fourth-order valence-electron chi connectivity index (χ4n) is 3.31. The van der Waals surface area contributed by atoms with Crippen molar-refractivity contribution in [2.75, 3.05) is 5.32 Å². The summed E-state index contributed by atoms with van der Waals surface area (Å²) in [4.78, 5) is 4.76. The summed E-state index contributed by atoms with van der Waals surface area (Å²) in [6.07, 6.45) is 7.30. The second-order valence-corrected chi connectivity index (χ2v) is 6.10. The molecular formula is C16H26ClN5. The van der Waals surface area contributed by atoms with Crippen molar-refractivity contribution >= 4 is 23.9 Å². The summed E-state index contributed by atoms with van der Waals surface area (Å²) >= 11 is 0. The average molecular weight is 324 g/mol. The normalized spacial score (nSPS) is 21.3. The summed E-state index contributed by atoms with van der Waals surface area (Å²) in [5, 5.41) is 8.02. The monoisotopic (exact) mass is 323 g/mol. The smallest absolute Gasteiger partial charge is 0.157 e. The van der Waals surface area contributed by atoms with Crippen molar-refractivity contribution in [1.82, 2.24) is 14.6 Å². The lowest BCUT2D eigenvalue weighted by Gasteiger charge is -2.18. The summed E-state index contributed by atoms with van der Waals surface area (Å²) in [6, 6.07) is 4.92. The number of nitrogens with zero attached hydrogens (tertiary/aromatic N) is 3. The molecule has 0 spiro atoms. The summed E-state index contributed by atoms with van der Waals surface area (Å²) in [7, 11) is 0. The highest BCUT2D eigenvalue weighted by molar-refractivity contribution is 5.85. The number of aromatic nitrogens is 3. The van der Waals surface area contributed by atoms with Gasteiger partial charge < -0.3 is 11.1 Å². The van der Waals surface area contributed by atoms with Gasteiger partial charge in [0.15, 0.2) is 5.65 Å². The molecule has 6 heteroatoms. The van der Waals surface area contributed by atoms with Crippen LogP contribution in [0.3, 0.4) is 0 Å². The molecule has 122 valence electrons. The van der Waals surface area contributed by atoms with Gasteiger partial charge in [-0.15, -0.1) is 12.4 Å². The van der Waals surface area contributed by atoms with E-state index in [1.165, 1.54) is 0 Å². The molecule has 1 aliphatic rings. The molecule has 2 atom stereocenters. The highest BCUT2D eigenvalue weighted by Crippen LogP contribution is 2.27. The molecule has 0 aromatic carbocycles. The lowest BCUT2D eigenvalue weighted by Crippen LogP contribution is -2.22. The Labute approximate surface area is 138 Å². The van der Waals surface area contributed by atoms with Gasteiger partial charge >= 0.3 is 0 Å². The van der Waals surface area contributed by atoms with Crippen LogP contribution in [0.4, 0.5) is 5.82 Å². The number of nitrogens with two attached hydrogens (primary N) is 1. The van der Waals surface area contributed by atoms with E-state index in [1.54, 1.807) is 0 Å². The number of rotatable bonds is 5. The Morgan fingerprint density at radius 1 is 1.36 bits per heavy atom. The number of hydrogen-bond donors (Lipinski definition) is 2. The van der Waals surface area contributed by atoms with Crippen LogP contribution in [0.25, 0.3) is 5.65 Å². The predicted octanol–water partition coefficient (Wildman–Crippen LogP) is 3.35. The van der Waals surface area contributed by atoms with Crippen molar-refractivity contribution < 1.29 is 0 Å². The van der Waals surface area contributed by atoms with Gasteiger partial charge in [-0.1, -0.05) is 13.8 Å². The Bertz CT molecular complexity index is 608. The van der Waals surface area contributed by atoms with Crippen LogP contribution in [0.1, 0.15) is 57.6 Å². The maximum absolute atomic E-state index is 6.02. The third-order valence-electron chi connectivity index (χ3n) is 4.61. The van der Waals surface area contributed by atoms with E-state index in [1.807, 2.05) is 16.8 Å². The van der Waals surface area contributed by atoms with Crippen molar-refractivity contribution in [3.8, 4) is 0 Å². The third-order valence-corrected chi connectivity index (χ3v) is 4.61. The van der Waals surface area contributed by atoms with Crippen LogP contribution in [0.15, 0.2) is 18.3 Å². The molecule has 2 aromatic heterocycles. The van der Waals surface area contributed by atoms with Gasteiger partial charge in [-0.2, -0.15) is 9.61 Å². The Morgan fingerprint density at radius 2 is 2.14 bits per heavy atom. The minimum Gasteiger partial charge on any atom is -0.367 e. The van der Waals surface area contributed by atoms with Gasteiger partial charge in [-0.3, -0.25) is 0 Å². The summed E-state index contributed by atoms with van der Waals surface area (Å²) < 4.78 is 1.90. The lowest BCUT2D eigenvalue weighted by atomic mass is 9.99. The number of halogens is 1. The molecule has 0 saturated heterocycles. The van der Waals surface area contributed by atoms with Gasteiger partial charge in [0.1, 0.15) is 5.82 Å². The van der Waals surface area contributed by atoms with Crippen LogP contribution >= 0.6 is 12.4 Å². The van der Waals surface area contributed by atoms with Crippen LogP contribution in [-0.4, -0.2) is 26.7 Å². The maximum atomic E-state index is 6.02. The van der Waals surface area contributed by atoms with E-state index in [-0.39, 0.29) is 12.4 Å². The number of anilines is 1. The van der Waals surface area contributed by atoms with Gasteiger partial charge in [0.2, 0.25) is 0 Å². The van der Waals surface area contributed by atoms with Crippen LogP contribution in [-0.2, 0) is 0 Å². The molecule has 0 aliphatic heterocycles. The Morgan fingerprint density at radius 3 is 2.77 bits per heavy atom. The van der Waals surface area contributed by atoms with Gasteiger partial charge in [-0.25, -0.2) is 4.98 Å². The Balaban J connectivity index is 0.00000176. The second-order valence-electron chi connectivity index (χ2n) is 6.10. The molecule has 0 bridgehead atoms. The highest BCUT2D eigenvalue weighted by Gasteiger charge is 2.23. The first kappa shape index (κ1) is 17.0. The van der Waals surface area contributed by atoms with Gasteiger partial charge in [0.25, 0.3) is 0 Å². The van der Waals surface area contributed by atoms with Gasteiger partial charge in [-0.05, 0) is 32.1 Å². The molecule has 22 heavy (non-hydrogen) atoms. The Kier molecular flexibility index (Phi) is 5.64. The van der Waals surface area contributed by atoms with E-state index in [9.17, 15) is 0 Å². The summed E-state index contributed by atoms with van der Waals surface area (Å²) in [6.45, 7) is 4.44. The van der Waals surface area contributed by atoms with Crippen molar-refractivity contribution in [3.05, 3.63) is 24.0 Å². The quantitative estimate of drug-likeness (QED) is 0.885. The van der Waals surface area contributed by atoms with Crippen molar-refractivity contribution in [3.63, 3.8) is 0 Å². The third kappa shape index (κ3) is 3.36. The topological polar surface area (TPSA) is 68.2 Å². The Hall–Kier alpha value is -1.33. The zero-order valence-electron chi connectivity index (χ0n) is 13.3. The van der Waals surface area contributed by atoms with E-state index in [0.29, 0.717) is 18.0 Å². The molecule has 2 heterocycles. The van der Waals surface area contributed by atoms with Crippen molar-refractivity contribution in [2.45, 2.75) is 64.0 Å². The minimum absolute atomic E-state index is 0. The molecule has 0 amide bonds. The van der Waals surface area contributed by atoms with E-state index in [2.05, 4.69) is 30.3 Å². The number of fused-ring (bicyclic) bond motifs is 1. The molecule has 2 unspecified atom stereocenters. The van der Waals surface area contributed by atoms with Gasteiger partial charge in [0, 0.05) is 35.8 Å². The van der Waals surface area contributed by atoms with Crippen LogP contribution in [0.5, 0.6) is 0 Å². The zero-order chi connectivity index (χ0) is 14.8. The molecule has 3 rings (SSSR count). The molecule has 0 radical (unpaired) electrons. The molecule has 5 nitrogen and oxygen atoms in total. The highest BCUT2D eigenvalue weighted by atomic mass is 35.5. The van der Waals surface area contributed by atoms with Crippen LogP contribution < -0.4 is 11.1 Å². The van der Waals surface area contributed by atoms with Crippen LogP contribution in [0, 0.1) is 0 Å². The number of hydrogen-bond acceptors (Lipinski definition) is 4. The fourth-order valence-corrected chi connectivity index (χ4v) is 3.31. The summed E-state index contributed by atoms with van der Waals surface area (Å²) in [5.41, 5.74) is 8.10. The first-order valence-corrected chi connectivity index (χ1v) is 8.08. The standard InChI is InChI=1S/C16H25N5.ClH/c1-3-11(4-2)14-10-16(19-13-6-5-12(17)9-13)21-15(20-14)7-8-18-21;/h7-8,10-13,19H,3-6,9,17H2,1-2H3;1H. The fraction of sp³-hybridized carbons (Fsp3) is 0.625. The lowest BCUT2D eigenvalue weighted by molar-refractivity contribution is 0.621. The predicted molar refractivity (Wildman–Crippen MR) is 92.8 cm³/mol. The minimum atomic E-state index is 0. The van der Waals surface area contributed by atoms with Gasteiger partial charge in [0.05, 0.1) is 6.20 Å². The molecule has 1 saturated carbocycles. The van der Waals surface area contributed by atoms with Crippen LogP contribution in [0.2, 0.25) is 0 Å². The van der Waals surface area contributed by atoms with E-state index in [0.717, 1.165) is 49.3 Å². The second kappa shape index (κ2) is 7.29. The first-order valence-electron chi connectivity index (χ1n) is 8.08. The maximum Gasteiger partial charge on any atom is 0.157 e. The SMILES string of the molecule is CCC(CC)c1cc(NC2CCC(N)C2)n2nccc2n1.Cl. The molecule has 1 aliphatic carbocycles. The molecule has 2 aromatic rings. The zero-order valence-corrected chi connectivity index (χ0v) is 14.1. The average Bonchev–Trinajstić information content (AvgIpc) is 3.09. The number of nitrogens with one attached hydrogen (secondary N) is 1. The largest absolute Gasteiger partial charge is 0.367 e. The molecule has 3 N–H and O–H groups in total. The van der Waals surface area contributed by atoms with Crippen molar-refractivity contribution in [1.29, 1.82) is 0 Å². The van der Waals surface area contributed by atoms with Crippen molar-refractivity contribution in [2.24, 2.45) is 5.73 Å². The summed E-state index contributed by atoms with van der Waals surface area (Å²) in [5.74, 6) is 1.56. The molecule has 1 fully saturated rings. The van der Waals surface area contributed by atoms with E-state index in [4.69, 9.17) is 10.7 Å². The van der Waals surface area contributed by atoms with E-state index >= 15 is 0 Å². The first-order chi connectivity index (χ1) is 10.2. The molecular weight excluding hydrogens is 298 g/mol.